The molecule has 6 nitrogen and oxygen atoms in total. The molecule has 0 unspecified atom stereocenters. The second-order valence-electron chi connectivity index (χ2n) is 6.23. The summed E-state index contributed by atoms with van der Waals surface area (Å²) in [5.74, 6) is -2.40. The Kier molecular flexibility index (Phi) is 5.44. The molecule has 0 aliphatic carbocycles. The number of phenolic OH excluding ortho intramolecular Hbond substituents is 2. The molecule has 0 aliphatic heterocycles. The molecule has 1 amide bonds. The van der Waals surface area contributed by atoms with E-state index < -0.39 is 18.0 Å². The van der Waals surface area contributed by atoms with Crippen molar-refractivity contribution in [1.82, 2.24) is 5.32 Å². The van der Waals surface area contributed by atoms with Crippen LogP contribution in [0.3, 0.4) is 0 Å². The molecule has 0 radical (unpaired) electrons. The van der Waals surface area contributed by atoms with Gasteiger partial charge in [0, 0.05) is 17.3 Å². The second-order valence-corrected chi connectivity index (χ2v) is 6.23. The van der Waals surface area contributed by atoms with E-state index in [0.717, 1.165) is 6.07 Å². The van der Waals surface area contributed by atoms with Gasteiger partial charge in [-0.1, -0.05) is 36.4 Å². The first kappa shape index (κ1) is 19.2. The number of hydrogen-bond donors (Lipinski definition) is 3. The Labute approximate surface area is 160 Å². The van der Waals surface area contributed by atoms with Crippen molar-refractivity contribution in [3.05, 3.63) is 71.5 Å². The van der Waals surface area contributed by atoms with Gasteiger partial charge in [-0.25, -0.2) is 9.18 Å². The number of halogens is 1. The third kappa shape index (κ3) is 4.03. The summed E-state index contributed by atoms with van der Waals surface area (Å²) >= 11 is 0. The van der Waals surface area contributed by atoms with Crippen molar-refractivity contribution in [2.75, 3.05) is 0 Å². The maximum absolute atomic E-state index is 12.9. The summed E-state index contributed by atoms with van der Waals surface area (Å²) in [7, 11) is 0. The molecule has 0 saturated carbocycles. The summed E-state index contributed by atoms with van der Waals surface area (Å²) in [4.78, 5) is 24.5. The molecule has 0 bridgehead atoms. The van der Waals surface area contributed by atoms with Crippen LogP contribution in [0.25, 0.3) is 10.8 Å². The first-order chi connectivity index (χ1) is 13.4. The minimum Gasteiger partial charge on any atom is -0.507 e. The zero-order valence-electron chi connectivity index (χ0n) is 15.0. The first-order valence-corrected chi connectivity index (χ1v) is 8.53. The van der Waals surface area contributed by atoms with Gasteiger partial charge in [-0.15, -0.1) is 0 Å². The molecule has 7 heteroatoms. The van der Waals surface area contributed by atoms with Crippen molar-refractivity contribution in [1.29, 1.82) is 0 Å². The van der Waals surface area contributed by atoms with Gasteiger partial charge in [0.1, 0.15) is 22.9 Å². The van der Waals surface area contributed by atoms with E-state index in [0.29, 0.717) is 16.3 Å². The van der Waals surface area contributed by atoms with Crippen LogP contribution in [0.5, 0.6) is 11.5 Å². The van der Waals surface area contributed by atoms with Crippen LogP contribution in [0.15, 0.2) is 54.6 Å². The smallest absolute Gasteiger partial charge is 0.342 e. The fourth-order valence-electron chi connectivity index (χ4n) is 2.71. The van der Waals surface area contributed by atoms with E-state index >= 15 is 0 Å². The Morgan fingerprint density at radius 3 is 2.39 bits per heavy atom. The fraction of sp³-hybridized carbons (Fsp3) is 0.143. The van der Waals surface area contributed by atoms with E-state index in [2.05, 4.69) is 5.32 Å². The van der Waals surface area contributed by atoms with Crippen molar-refractivity contribution in [3.8, 4) is 11.5 Å². The molecule has 28 heavy (non-hydrogen) atoms. The highest BCUT2D eigenvalue weighted by molar-refractivity contribution is 6.04. The topological polar surface area (TPSA) is 95.9 Å². The van der Waals surface area contributed by atoms with Crippen LogP contribution < -0.4 is 5.32 Å². The lowest BCUT2D eigenvalue weighted by atomic mass is 10.0. The molecule has 3 aromatic rings. The van der Waals surface area contributed by atoms with Crippen molar-refractivity contribution in [2.24, 2.45) is 0 Å². The van der Waals surface area contributed by atoms with Crippen LogP contribution in [0.2, 0.25) is 0 Å². The Balaban J connectivity index is 1.68. The second kappa shape index (κ2) is 7.96. The molecule has 3 aromatic carbocycles. The monoisotopic (exact) mass is 383 g/mol. The number of hydrogen-bond acceptors (Lipinski definition) is 5. The van der Waals surface area contributed by atoms with Crippen LogP contribution >= 0.6 is 0 Å². The SMILES string of the molecule is C[C@H](OC(=O)c1cc(O)c2ccccc2c1O)C(=O)NCc1ccc(F)cc1. The number of rotatable bonds is 5. The lowest BCUT2D eigenvalue weighted by molar-refractivity contribution is -0.129. The van der Waals surface area contributed by atoms with Crippen LogP contribution in [-0.2, 0) is 16.1 Å². The standard InChI is InChI=1S/C21H18FNO5/c1-12(20(26)23-11-13-6-8-14(22)9-7-13)28-21(27)17-10-18(24)15-4-2-3-5-16(15)19(17)25/h2-10,12,24-25H,11H2,1H3,(H,23,26)/t12-/m0/s1. The van der Waals surface area contributed by atoms with Gasteiger partial charge in [0.05, 0.1) is 0 Å². The van der Waals surface area contributed by atoms with E-state index in [1.165, 1.54) is 31.2 Å². The lowest BCUT2D eigenvalue weighted by Gasteiger charge is -2.15. The predicted octanol–water partition coefficient (Wildman–Crippen LogP) is 3.25. The molecule has 0 aromatic heterocycles. The van der Waals surface area contributed by atoms with Crippen LogP contribution in [0.4, 0.5) is 4.39 Å². The molecule has 0 saturated heterocycles. The van der Waals surface area contributed by atoms with Gasteiger partial charge in [-0.2, -0.15) is 0 Å². The average molecular weight is 383 g/mol. The summed E-state index contributed by atoms with van der Waals surface area (Å²) in [6.07, 6.45) is -1.14. The van der Waals surface area contributed by atoms with Crippen LogP contribution in [-0.4, -0.2) is 28.2 Å². The van der Waals surface area contributed by atoms with Gasteiger partial charge in [0.25, 0.3) is 5.91 Å². The van der Waals surface area contributed by atoms with Gasteiger partial charge in [0.15, 0.2) is 6.10 Å². The highest BCUT2D eigenvalue weighted by atomic mass is 19.1. The summed E-state index contributed by atoms with van der Waals surface area (Å²) in [6, 6.07) is 13.2. The van der Waals surface area contributed by atoms with E-state index in [4.69, 9.17) is 4.74 Å². The largest absolute Gasteiger partial charge is 0.507 e. The normalized spacial score (nSPS) is 11.8. The molecule has 144 valence electrons. The summed E-state index contributed by atoms with van der Waals surface area (Å²) in [5.41, 5.74) is 0.444. The minimum atomic E-state index is -1.14. The minimum absolute atomic E-state index is 0.142. The highest BCUT2D eigenvalue weighted by Crippen LogP contribution is 2.35. The van der Waals surface area contributed by atoms with Crippen molar-refractivity contribution in [2.45, 2.75) is 19.6 Å². The number of amides is 1. The third-order valence-corrected chi connectivity index (χ3v) is 4.25. The number of phenols is 2. The third-order valence-electron chi connectivity index (χ3n) is 4.25. The predicted molar refractivity (Wildman–Crippen MR) is 100 cm³/mol. The van der Waals surface area contributed by atoms with Gasteiger partial charge in [-0.05, 0) is 30.7 Å². The van der Waals surface area contributed by atoms with Crippen molar-refractivity contribution in [3.63, 3.8) is 0 Å². The van der Waals surface area contributed by atoms with Crippen molar-refractivity contribution >= 4 is 22.6 Å². The Morgan fingerprint density at radius 1 is 1.07 bits per heavy atom. The molecule has 0 spiro atoms. The van der Waals surface area contributed by atoms with Gasteiger partial charge >= 0.3 is 5.97 Å². The Hall–Kier alpha value is -3.61. The van der Waals surface area contributed by atoms with E-state index in [1.54, 1.807) is 24.3 Å². The van der Waals surface area contributed by atoms with E-state index in [-0.39, 0.29) is 29.4 Å². The number of ether oxygens (including phenoxy) is 1. The van der Waals surface area contributed by atoms with Crippen molar-refractivity contribution < 1.29 is 28.9 Å². The van der Waals surface area contributed by atoms with Crippen LogP contribution in [0, 0.1) is 5.82 Å². The van der Waals surface area contributed by atoms with E-state index in [9.17, 15) is 24.2 Å². The average Bonchev–Trinajstić information content (AvgIpc) is 2.70. The Morgan fingerprint density at radius 2 is 1.71 bits per heavy atom. The number of aromatic hydroxyl groups is 2. The summed E-state index contributed by atoms with van der Waals surface area (Å²) < 4.78 is 18.0. The number of fused-ring (bicyclic) bond motifs is 1. The molecular weight excluding hydrogens is 365 g/mol. The number of carbonyl (C=O) groups is 2. The number of benzene rings is 3. The Bertz CT molecular complexity index is 1030. The first-order valence-electron chi connectivity index (χ1n) is 8.53. The fourth-order valence-corrected chi connectivity index (χ4v) is 2.71. The number of nitrogens with one attached hydrogen (secondary N) is 1. The zero-order valence-corrected chi connectivity index (χ0v) is 15.0. The highest BCUT2D eigenvalue weighted by Gasteiger charge is 2.23. The maximum Gasteiger partial charge on any atom is 0.342 e. The molecule has 0 fully saturated rings. The lowest BCUT2D eigenvalue weighted by Crippen LogP contribution is -2.35. The maximum atomic E-state index is 12.9. The number of carbonyl (C=O) groups excluding carboxylic acids is 2. The van der Waals surface area contributed by atoms with Gasteiger partial charge in [-0.3, -0.25) is 4.79 Å². The molecule has 3 N–H and O–H groups in total. The van der Waals surface area contributed by atoms with Gasteiger partial charge < -0.3 is 20.3 Å². The molecule has 0 aliphatic rings. The summed E-state index contributed by atoms with van der Waals surface area (Å²) in [5, 5.41) is 23.7. The molecule has 1 atom stereocenters. The molecular formula is C21H18FNO5. The van der Waals surface area contributed by atoms with E-state index in [1.807, 2.05) is 0 Å². The zero-order chi connectivity index (χ0) is 20.3. The summed E-state index contributed by atoms with van der Waals surface area (Å²) in [6.45, 7) is 1.53. The molecule has 3 rings (SSSR count). The molecule has 0 heterocycles. The van der Waals surface area contributed by atoms with Gasteiger partial charge in [0.2, 0.25) is 0 Å². The quantitative estimate of drug-likeness (QED) is 0.464. The number of esters is 1. The van der Waals surface area contributed by atoms with Crippen LogP contribution in [0.1, 0.15) is 22.8 Å².